The number of nitrogens with zero attached hydrogens (tertiary/aromatic N) is 2. The zero-order valence-electron chi connectivity index (χ0n) is 11.1. The normalized spacial score (nSPS) is 16.0. The first-order chi connectivity index (χ1) is 8.81. The van der Waals surface area contributed by atoms with Crippen molar-refractivity contribution in [2.75, 3.05) is 24.5 Å². The van der Waals surface area contributed by atoms with Crippen molar-refractivity contribution >= 4 is 17.4 Å². The molecule has 0 atom stereocenters. The molecule has 1 aliphatic rings. The first-order valence-electron chi connectivity index (χ1n) is 6.91. The van der Waals surface area contributed by atoms with Gasteiger partial charge in [-0.05, 0) is 43.9 Å². The maximum Gasteiger partial charge on any atom is 0.147 e. The van der Waals surface area contributed by atoms with Crippen molar-refractivity contribution in [3.8, 4) is 0 Å². The number of rotatable bonds is 5. The number of anilines is 1. The van der Waals surface area contributed by atoms with Gasteiger partial charge in [-0.3, -0.25) is 0 Å². The number of halogens is 1. The third-order valence-electron chi connectivity index (χ3n) is 3.29. The molecular formula is C14H22ClN3. The molecule has 0 saturated carbocycles. The number of nitrogens with one attached hydrogen (secondary N) is 1. The topological polar surface area (TPSA) is 28.2 Å². The number of hydrogen-bond donors (Lipinski definition) is 1. The molecule has 1 fully saturated rings. The highest BCUT2D eigenvalue weighted by Gasteiger charge is 2.15. The molecule has 2 rings (SSSR count). The molecule has 0 amide bonds. The third-order valence-corrected chi connectivity index (χ3v) is 3.57. The summed E-state index contributed by atoms with van der Waals surface area (Å²) in [5.74, 6) is 0.954. The summed E-state index contributed by atoms with van der Waals surface area (Å²) in [6.45, 7) is 6.21. The molecule has 1 N–H and O–H groups in total. The Hall–Kier alpha value is -0.800. The summed E-state index contributed by atoms with van der Waals surface area (Å²) in [4.78, 5) is 6.84. The smallest absolute Gasteiger partial charge is 0.147 e. The van der Waals surface area contributed by atoms with E-state index in [2.05, 4.69) is 22.1 Å². The fraction of sp³-hybridized carbons (Fsp3) is 0.643. The zero-order chi connectivity index (χ0) is 12.8. The van der Waals surface area contributed by atoms with E-state index in [1.807, 2.05) is 12.3 Å². The van der Waals surface area contributed by atoms with Crippen molar-refractivity contribution in [2.45, 2.75) is 39.2 Å². The summed E-state index contributed by atoms with van der Waals surface area (Å²) in [6, 6.07) is 2.04. The highest BCUT2D eigenvalue weighted by molar-refractivity contribution is 6.33. The second-order valence-corrected chi connectivity index (χ2v) is 5.28. The molecule has 100 valence electrons. The van der Waals surface area contributed by atoms with Crippen LogP contribution in [0.2, 0.25) is 5.02 Å². The Balaban J connectivity index is 2.00. The molecule has 3 nitrogen and oxygen atoms in total. The van der Waals surface area contributed by atoms with Crippen LogP contribution in [0.1, 0.15) is 38.2 Å². The van der Waals surface area contributed by atoms with E-state index in [0.29, 0.717) is 0 Å². The molecule has 4 heteroatoms. The summed E-state index contributed by atoms with van der Waals surface area (Å²) >= 11 is 6.34. The second kappa shape index (κ2) is 6.95. The van der Waals surface area contributed by atoms with Gasteiger partial charge < -0.3 is 10.2 Å². The minimum atomic E-state index is 0.785. The number of hydrogen-bond acceptors (Lipinski definition) is 3. The van der Waals surface area contributed by atoms with Crippen LogP contribution < -0.4 is 10.2 Å². The lowest BCUT2D eigenvalue weighted by atomic mass is 10.1. The summed E-state index contributed by atoms with van der Waals surface area (Å²) < 4.78 is 0. The van der Waals surface area contributed by atoms with E-state index < -0.39 is 0 Å². The van der Waals surface area contributed by atoms with Crippen molar-refractivity contribution in [2.24, 2.45) is 0 Å². The summed E-state index contributed by atoms with van der Waals surface area (Å²) in [6.07, 6.45) is 6.91. The zero-order valence-corrected chi connectivity index (χ0v) is 11.8. The minimum absolute atomic E-state index is 0.785. The molecule has 18 heavy (non-hydrogen) atoms. The predicted octanol–water partition coefficient (Wildman–Crippen LogP) is 3.22. The summed E-state index contributed by atoms with van der Waals surface area (Å²) in [7, 11) is 0. The average molecular weight is 268 g/mol. The Bertz CT molecular complexity index is 375. The Morgan fingerprint density at radius 1 is 1.33 bits per heavy atom. The predicted molar refractivity (Wildman–Crippen MR) is 77.3 cm³/mol. The second-order valence-electron chi connectivity index (χ2n) is 4.87. The van der Waals surface area contributed by atoms with Crippen molar-refractivity contribution in [1.82, 2.24) is 10.3 Å². The third kappa shape index (κ3) is 3.59. The van der Waals surface area contributed by atoms with Gasteiger partial charge in [0.1, 0.15) is 5.82 Å². The Labute approximate surface area is 115 Å². The molecule has 2 heterocycles. The SMILES string of the molecule is CCCNCc1cnc(N2CCCCC2)c(Cl)c1. The van der Waals surface area contributed by atoms with Gasteiger partial charge in [-0.25, -0.2) is 4.98 Å². The van der Waals surface area contributed by atoms with E-state index in [1.165, 1.54) is 19.3 Å². The molecule has 0 aliphatic carbocycles. The molecule has 1 aromatic rings. The van der Waals surface area contributed by atoms with Gasteiger partial charge in [0.2, 0.25) is 0 Å². The van der Waals surface area contributed by atoms with Crippen LogP contribution in [0.3, 0.4) is 0 Å². The van der Waals surface area contributed by atoms with Crippen LogP contribution >= 0.6 is 11.6 Å². The van der Waals surface area contributed by atoms with E-state index in [9.17, 15) is 0 Å². The van der Waals surface area contributed by atoms with Crippen LogP contribution in [0, 0.1) is 0 Å². The van der Waals surface area contributed by atoms with Gasteiger partial charge in [-0.1, -0.05) is 18.5 Å². The Kier molecular flexibility index (Phi) is 5.26. The van der Waals surface area contributed by atoms with Crippen LogP contribution in [-0.4, -0.2) is 24.6 Å². The summed E-state index contributed by atoms with van der Waals surface area (Å²) in [5.41, 5.74) is 1.16. The molecule has 1 aromatic heterocycles. The first kappa shape index (κ1) is 13.6. The van der Waals surface area contributed by atoms with Crippen LogP contribution in [0.15, 0.2) is 12.3 Å². The van der Waals surface area contributed by atoms with Crippen molar-refractivity contribution in [1.29, 1.82) is 0 Å². The van der Waals surface area contributed by atoms with E-state index in [-0.39, 0.29) is 0 Å². The number of pyridine rings is 1. The van der Waals surface area contributed by atoms with E-state index in [0.717, 1.165) is 49.0 Å². The van der Waals surface area contributed by atoms with Crippen molar-refractivity contribution < 1.29 is 0 Å². The molecule has 0 bridgehead atoms. The number of aromatic nitrogens is 1. The minimum Gasteiger partial charge on any atom is -0.355 e. The Morgan fingerprint density at radius 2 is 2.11 bits per heavy atom. The lowest BCUT2D eigenvalue weighted by molar-refractivity contribution is 0.573. The molecule has 0 radical (unpaired) electrons. The molecular weight excluding hydrogens is 246 g/mol. The lowest BCUT2D eigenvalue weighted by Crippen LogP contribution is -2.30. The van der Waals surface area contributed by atoms with Crippen molar-refractivity contribution in [3.63, 3.8) is 0 Å². The van der Waals surface area contributed by atoms with E-state index in [4.69, 9.17) is 11.6 Å². The van der Waals surface area contributed by atoms with Crippen LogP contribution in [0.5, 0.6) is 0 Å². The monoisotopic (exact) mass is 267 g/mol. The average Bonchev–Trinajstić information content (AvgIpc) is 2.40. The van der Waals surface area contributed by atoms with Crippen molar-refractivity contribution in [3.05, 3.63) is 22.8 Å². The number of piperidine rings is 1. The van der Waals surface area contributed by atoms with Gasteiger partial charge in [0.05, 0.1) is 5.02 Å². The lowest BCUT2D eigenvalue weighted by Gasteiger charge is -2.28. The van der Waals surface area contributed by atoms with Gasteiger partial charge in [0, 0.05) is 25.8 Å². The standard InChI is InChI=1S/C14H22ClN3/c1-2-6-16-10-12-9-13(15)14(17-11-12)18-7-4-3-5-8-18/h9,11,16H,2-8,10H2,1H3. The van der Waals surface area contributed by atoms with Crippen LogP contribution in [-0.2, 0) is 6.54 Å². The maximum atomic E-state index is 6.34. The van der Waals surface area contributed by atoms with Gasteiger partial charge >= 0.3 is 0 Å². The van der Waals surface area contributed by atoms with Gasteiger partial charge in [0.25, 0.3) is 0 Å². The van der Waals surface area contributed by atoms with E-state index in [1.54, 1.807) is 0 Å². The Morgan fingerprint density at radius 3 is 2.78 bits per heavy atom. The van der Waals surface area contributed by atoms with Crippen LogP contribution in [0.4, 0.5) is 5.82 Å². The molecule has 0 unspecified atom stereocenters. The summed E-state index contributed by atoms with van der Waals surface area (Å²) in [5, 5.41) is 4.15. The van der Waals surface area contributed by atoms with Gasteiger partial charge in [-0.15, -0.1) is 0 Å². The first-order valence-corrected chi connectivity index (χ1v) is 7.29. The fourth-order valence-electron chi connectivity index (χ4n) is 2.31. The van der Waals surface area contributed by atoms with Gasteiger partial charge in [-0.2, -0.15) is 0 Å². The van der Waals surface area contributed by atoms with Crippen LogP contribution in [0.25, 0.3) is 0 Å². The maximum absolute atomic E-state index is 6.34. The fourth-order valence-corrected chi connectivity index (χ4v) is 2.62. The van der Waals surface area contributed by atoms with Gasteiger partial charge in [0.15, 0.2) is 0 Å². The highest BCUT2D eigenvalue weighted by Crippen LogP contribution is 2.26. The highest BCUT2D eigenvalue weighted by atomic mass is 35.5. The molecule has 1 saturated heterocycles. The molecule has 0 aromatic carbocycles. The molecule has 1 aliphatic heterocycles. The van der Waals surface area contributed by atoms with E-state index >= 15 is 0 Å². The molecule has 0 spiro atoms. The quantitative estimate of drug-likeness (QED) is 0.831. The largest absolute Gasteiger partial charge is 0.355 e.